The van der Waals surface area contributed by atoms with Crippen molar-refractivity contribution in [1.82, 2.24) is 10.3 Å². The number of alkyl halides is 6. The lowest BCUT2D eigenvalue weighted by Crippen LogP contribution is -2.49. The van der Waals surface area contributed by atoms with Crippen LogP contribution in [0.3, 0.4) is 0 Å². The molecular formula is C28H17ClF8N2O. The van der Waals surface area contributed by atoms with E-state index in [1.165, 1.54) is 12.1 Å². The van der Waals surface area contributed by atoms with Crippen molar-refractivity contribution in [3.8, 4) is 0 Å². The minimum atomic E-state index is -5.14. The maximum Gasteiger partial charge on any atom is 0.419 e. The minimum absolute atomic E-state index is 0.0917. The lowest BCUT2D eigenvalue weighted by molar-refractivity contribution is -0.140. The summed E-state index contributed by atoms with van der Waals surface area (Å²) >= 11 is 5.95. The van der Waals surface area contributed by atoms with Gasteiger partial charge in [-0.2, -0.15) is 26.3 Å². The topological polar surface area (TPSA) is 42.0 Å². The zero-order chi connectivity index (χ0) is 29.3. The van der Waals surface area contributed by atoms with E-state index in [0.717, 1.165) is 18.3 Å². The molecule has 1 aromatic heterocycles. The van der Waals surface area contributed by atoms with Crippen LogP contribution >= 0.6 is 11.6 Å². The number of nitrogens with zero attached hydrogens (tertiary/aromatic N) is 1. The average molecular weight is 585 g/mol. The van der Waals surface area contributed by atoms with Gasteiger partial charge in [0.15, 0.2) is 0 Å². The molecule has 4 rings (SSSR count). The number of hydrogen-bond acceptors (Lipinski definition) is 2. The molecule has 208 valence electrons. The molecule has 3 aromatic carbocycles. The molecule has 40 heavy (non-hydrogen) atoms. The number of halogens is 9. The second-order valence-electron chi connectivity index (χ2n) is 8.80. The number of hydrogen-bond donors (Lipinski definition) is 1. The van der Waals surface area contributed by atoms with Crippen molar-refractivity contribution in [3.63, 3.8) is 0 Å². The van der Waals surface area contributed by atoms with Crippen molar-refractivity contribution in [2.75, 3.05) is 0 Å². The molecular weight excluding hydrogens is 568 g/mol. The van der Waals surface area contributed by atoms with Crippen molar-refractivity contribution in [2.24, 2.45) is 0 Å². The number of aromatic nitrogens is 1. The van der Waals surface area contributed by atoms with Crippen LogP contribution in [0.2, 0.25) is 5.02 Å². The predicted octanol–water partition coefficient (Wildman–Crippen LogP) is 7.97. The molecule has 1 atom stereocenters. The monoisotopic (exact) mass is 584 g/mol. The third-order valence-electron chi connectivity index (χ3n) is 6.06. The molecule has 4 aromatic rings. The van der Waals surface area contributed by atoms with E-state index in [1.54, 1.807) is 30.3 Å². The van der Waals surface area contributed by atoms with Crippen molar-refractivity contribution in [1.29, 1.82) is 0 Å². The summed E-state index contributed by atoms with van der Waals surface area (Å²) in [5, 5.41) is 2.61. The summed E-state index contributed by atoms with van der Waals surface area (Å²) in [6.07, 6.45) is -9.27. The minimum Gasteiger partial charge on any atom is -0.337 e. The van der Waals surface area contributed by atoms with E-state index in [0.29, 0.717) is 17.7 Å². The number of amides is 1. The zero-order valence-electron chi connectivity index (χ0n) is 20.0. The van der Waals surface area contributed by atoms with Gasteiger partial charge in [-0.3, -0.25) is 9.78 Å². The molecule has 0 saturated carbocycles. The standard InChI is InChI=1S/C28H17ClF8N2O/c29-20-7-9-24(38-15-20)26(14-16-4-2-1-3-5-16,18-11-19(27(32,33)34)13-21(30)12-18)39-25(40)17-6-8-23(31)22(10-17)28(35,36)37/h1-13,15H,14H2,(H,39,40). The van der Waals surface area contributed by atoms with Gasteiger partial charge in [0.05, 0.1) is 21.8 Å². The highest BCUT2D eigenvalue weighted by Gasteiger charge is 2.42. The second-order valence-corrected chi connectivity index (χ2v) is 9.24. The van der Waals surface area contributed by atoms with Gasteiger partial charge < -0.3 is 5.32 Å². The SMILES string of the molecule is O=C(NC(Cc1ccccc1)(c1cc(F)cc(C(F)(F)F)c1)c1ccc(Cl)cn1)c1ccc(F)c(C(F)(F)F)c1. The molecule has 1 N–H and O–H groups in total. The molecule has 3 nitrogen and oxygen atoms in total. The molecule has 1 unspecified atom stereocenters. The Bertz CT molecular complexity index is 1520. The van der Waals surface area contributed by atoms with E-state index in [-0.39, 0.29) is 29.3 Å². The van der Waals surface area contributed by atoms with Gasteiger partial charge in [0.1, 0.15) is 17.2 Å². The first-order valence-corrected chi connectivity index (χ1v) is 11.8. The van der Waals surface area contributed by atoms with Gasteiger partial charge in [0.2, 0.25) is 0 Å². The second kappa shape index (κ2) is 10.9. The predicted molar refractivity (Wildman–Crippen MR) is 130 cm³/mol. The third-order valence-corrected chi connectivity index (χ3v) is 6.28. The first-order valence-electron chi connectivity index (χ1n) is 11.4. The highest BCUT2D eigenvalue weighted by molar-refractivity contribution is 6.30. The summed E-state index contributed by atoms with van der Waals surface area (Å²) in [7, 11) is 0. The largest absolute Gasteiger partial charge is 0.419 e. The number of pyridine rings is 1. The Morgan fingerprint density at radius 2 is 1.48 bits per heavy atom. The maximum absolute atomic E-state index is 14.7. The fourth-order valence-electron chi connectivity index (χ4n) is 4.20. The summed E-state index contributed by atoms with van der Waals surface area (Å²) in [6.45, 7) is 0. The van der Waals surface area contributed by atoms with Gasteiger partial charge in [0.25, 0.3) is 5.91 Å². The quantitative estimate of drug-likeness (QED) is 0.234. The van der Waals surface area contributed by atoms with E-state index in [4.69, 9.17) is 11.6 Å². The number of rotatable bonds is 6. The fourth-order valence-corrected chi connectivity index (χ4v) is 4.31. The number of carbonyl (C=O) groups excluding carboxylic acids is 1. The van der Waals surface area contributed by atoms with Crippen LogP contribution in [-0.2, 0) is 24.3 Å². The van der Waals surface area contributed by atoms with Gasteiger partial charge in [-0.1, -0.05) is 41.9 Å². The van der Waals surface area contributed by atoms with Crippen LogP contribution in [0.5, 0.6) is 0 Å². The van der Waals surface area contributed by atoms with Crippen LogP contribution in [0.1, 0.15) is 38.3 Å². The van der Waals surface area contributed by atoms with Gasteiger partial charge in [-0.25, -0.2) is 8.78 Å². The number of nitrogens with one attached hydrogen (secondary N) is 1. The third kappa shape index (κ3) is 6.25. The molecule has 0 saturated heterocycles. The smallest absolute Gasteiger partial charge is 0.337 e. The lowest BCUT2D eigenvalue weighted by atomic mass is 9.79. The Morgan fingerprint density at radius 1 is 0.800 bits per heavy atom. The van der Waals surface area contributed by atoms with Crippen molar-refractivity contribution < 1.29 is 39.9 Å². The van der Waals surface area contributed by atoms with Gasteiger partial charge >= 0.3 is 12.4 Å². The molecule has 0 bridgehead atoms. The Morgan fingerprint density at radius 3 is 2.08 bits per heavy atom. The van der Waals surface area contributed by atoms with Gasteiger partial charge in [-0.05, 0) is 59.7 Å². The molecule has 0 fully saturated rings. The van der Waals surface area contributed by atoms with Gasteiger partial charge in [-0.15, -0.1) is 0 Å². The van der Waals surface area contributed by atoms with Crippen LogP contribution in [0.15, 0.2) is 85.1 Å². The average Bonchev–Trinajstić information content (AvgIpc) is 2.88. The van der Waals surface area contributed by atoms with Crippen LogP contribution in [-0.4, -0.2) is 10.9 Å². The van der Waals surface area contributed by atoms with E-state index in [9.17, 15) is 39.9 Å². The van der Waals surface area contributed by atoms with Crippen LogP contribution in [0.25, 0.3) is 0 Å². The van der Waals surface area contributed by atoms with E-state index in [2.05, 4.69) is 10.3 Å². The Balaban J connectivity index is 1.98. The lowest BCUT2D eigenvalue weighted by Gasteiger charge is -2.36. The Hall–Kier alpha value is -3.99. The first-order chi connectivity index (χ1) is 18.7. The number of carbonyl (C=O) groups is 1. The van der Waals surface area contributed by atoms with Crippen LogP contribution in [0.4, 0.5) is 35.1 Å². The zero-order valence-corrected chi connectivity index (χ0v) is 20.8. The van der Waals surface area contributed by atoms with E-state index in [1.807, 2.05) is 0 Å². The molecule has 1 heterocycles. The van der Waals surface area contributed by atoms with E-state index >= 15 is 0 Å². The summed E-state index contributed by atoms with van der Waals surface area (Å²) in [5.74, 6) is -4.12. The molecule has 0 radical (unpaired) electrons. The highest BCUT2D eigenvalue weighted by Crippen LogP contribution is 2.38. The molecule has 1 amide bonds. The molecule has 0 aliphatic rings. The molecule has 12 heteroatoms. The van der Waals surface area contributed by atoms with E-state index < -0.39 is 57.7 Å². The Kier molecular flexibility index (Phi) is 7.89. The summed E-state index contributed by atoms with van der Waals surface area (Å²) < 4.78 is 110. The molecule has 0 aliphatic carbocycles. The number of benzene rings is 3. The van der Waals surface area contributed by atoms with Crippen molar-refractivity contribution >= 4 is 17.5 Å². The van der Waals surface area contributed by atoms with Crippen LogP contribution in [0, 0.1) is 11.6 Å². The molecule has 0 aliphatic heterocycles. The fraction of sp³-hybridized carbons (Fsp3) is 0.143. The molecule has 0 spiro atoms. The highest BCUT2D eigenvalue weighted by atomic mass is 35.5. The normalized spacial score (nSPS) is 13.5. The summed E-state index contributed by atoms with van der Waals surface area (Å²) in [4.78, 5) is 17.6. The van der Waals surface area contributed by atoms with Crippen molar-refractivity contribution in [3.05, 3.63) is 135 Å². The van der Waals surface area contributed by atoms with Crippen LogP contribution < -0.4 is 5.32 Å². The first kappa shape index (κ1) is 29.0. The van der Waals surface area contributed by atoms with Gasteiger partial charge in [0, 0.05) is 18.2 Å². The Labute approximate surface area is 227 Å². The maximum atomic E-state index is 14.7. The summed E-state index contributed by atoms with van der Waals surface area (Å²) in [6, 6.07) is 13.8. The van der Waals surface area contributed by atoms with Crippen molar-refractivity contribution in [2.45, 2.75) is 24.3 Å². The summed E-state index contributed by atoms with van der Waals surface area (Å²) in [5.41, 5.74) is -5.83.